The van der Waals surface area contributed by atoms with Crippen LogP contribution in [0.5, 0.6) is 0 Å². The van der Waals surface area contributed by atoms with E-state index in [0.717, 1.165) is 11.5 Å². The molecule has 0 fully saturated rings. The molecule has 0 bridgehead atoms. The first-order valence-electron chi connectivity index (χ1n) is 4.13. The molecule has 1 N–H and O–H groups in total. The highest BCUT2D eigenvalue weighted by atomic mass is 32.1. The van der Waals surface area contributed by atoms with Gasteiger partial charge in [0.1, 0.15) is 0 Å². The Morgan fingerprint density at radius 2 is 2.50 bits per heavy atom. The van der Waals surface area contributed by atoms with Crippen LogP contribution in [0.2, 0.25) is 0 Å². The van der Waals surface area contributed by atoms with E-state index < -0.39 is 0 Å². The van der Waals surface area contributed by atoms with Gasteiger partial charge < -0.3 is 9.84 Å². The van der Waals surface area contributed by atoms with E-state index in [1.165, 1.54) is 0 Å². The molecule has 0 radical (unpaired) electrons. The smallest absolute Gasteiger partial charge is 0.0903 e. The molecular formula is C9H14O2S. The van der Waals surface area contributed by atoms with Gasteiger partial charge in [0, 0.05) is 24.5 Å². The summed E-state index contributed by atoms with van der Waals surface area (Å²) in [4.78, 5) is 1.02. The third kappa shape index (κ3) is 2.93. The zero-order chi connectivity index (χ0) is 8.81. The topological polar surface area (TPSA) is 29.5 Å². The Morgan fingerprint density at radius 1 is 1.67 bits per heavy atom. The minimum atomic E-state index is -0.350. The third-order valence-corrected chi connectivity index (χ3v) is 2.58. The molecule has 1 aromatic heterocycles. The van der Waals surface area contributed by atoms with Crippen molar-refractivity contribution in [2.45, 2.75) is 19.4 Å². The van der Waals surface area contributed by atoms with Crippen LogP contribution >= 0.6 is 11.3 Å². The highest BCUT2D eigenvalue weighted by Crippen LogP contribution is 2.21. The number of rotatable bonds is 5. The average Bonchev–Trinajstić information content (AvgIpc) is 2.56. The molecule has 0 amide bonds. The van der Waals surface area contributed by atoms with Crippen LogP contribution < -0.4 is 0 Å². The number of ether oxygens (including phenoxy) is 1. The van der Waals surface area contributed by atoms with Crippen molar-refractivity contribution in [2.75, 3.05) is 13.2 Å². The third-order valence-electron chi connectivity index (χ3n) is 1.61. The maximum absolute atomic E-state index is 9.57. The number of hydrogen-bond donors (Lipinski definition) is 1. The maximum Gasteiger partial charge on any atom is 0.0903 e. The largest absolute Gasteiger partial charge is 0.387 e. The molecule has 1 aromatic rings. The zero-order valence-electron chi connectivity index (χ0n) is 7.19. The lowest BCUT2D eigenvalue weighted by Crippen LogP contribution is -2.01. The number of aliphatic hydroxyl groups is 1. The lowest BCUT2D eigenvalue weighted by Gasteiger charge is -2.07. The molecule has 1 atom stereocenters. The SMILES string of the molecule is CCOCCC(O)c1cccs1. The molecule has 0 aliphatic heterocycles. The fourth-order valence-electron chi connectivity index (χ4n) is 0.962. The lowest BCUT2D eigenvalue weighted by molar-refractivity contribution is 0.0902. The van der Waals surface area contributed by atoms with Crippen LogP contribution in [-0.4, -0.2) is 18.3 Å². The Bertz CT molecular complexity index is 196. The Hall–Kier alpha value is -0.380. The molecule has 0 saturated heterocycles. The number of aliphatic hydroxyl groups excluding tert-OH is 1. The Kier molecular flexibility index (Phi) is 4.29. The fourth-order valence-corrected chi connectivity index (χ4v) is 1.71. The van der Waals surface area contributed by atoms with Gasteiger partial charge in [0.25, 0.3) is 0 Å². The van der Waals surface area contributed by atoms with Crippen LogP contribution in [0, 0.1) is 0 Å². The summed E-state index contributed by atoms with van der Waals surface area (Å²) in [6.07, 6.45) is 0.338. The summed E-state index contributed by atoms with van der Waals surface area (Å²) in [5.41, 5.74) is 0. The first-order valence-corrected chi connectivity index (χ1v) is 5.01. The maximum atomic E-state index is 9.57. The van der Waals surface area contributed by atoms with E-state index in [1.807, 2.05) is 24.4 Å². The molecule has 0 spiro atoms. The number of thiophene rings is 1. The predicted octanol–water partition coefficient (Wildman–Crippen LogP) is 2.21. The van der Waals surface area contributed by atoms with Gasteiger partial charge in [-0.25, -0.2) is 0 Å². The summed E-state index contributed by atoms with van der Waals surface area (Å²) < 4.78 is 5.15. The van der Waals surface area contributed by atoms with Crippen LogP contribution in [0.3, 0.4) is 0 Å². The molecule has 0 aliphatic carbocycles. The van der Waals surface area contributed by atoms with Crippen molar-refractivity contribution in [3.8, 4) is 0 Å². The van der Waals surface area contributed by atoms with E-state index in [9.17, 15) is 5.11 Å². The summed E-state index contributed by atoms with van der Waals surface area (Å²) in [6.45, 7) is 3.31. The molecule has 1 unspecified atom stereocenters. The van der Waals surface area contributed by atoms with Crippen molar-refractivity contribution in [1.82, 2.24) is 0 Å². The van der Waals surface area contributed by atoms with Crippen molar-refractivity contribution < 1.29 is 9.84 Å². The Labute approximate surface area is 76.8 Å². The molecule has 3 heteroatoms. The van der Waals surface area contributed by atoms with Crippen LogP contribution in [-0.2, 0) is 4.74 Å². The highest BCUT2D eigenvalue weighted by Gasteiger charge is 2.06. The van der Waals surface area contributed by atoms with Crippen molar-refractivity contribution in [3.63, 3.8) is 0 Å². The van der Waals surface area contributed by atoms with E-state index in [-0.39, 0.29) is 6.10 Å². The van der Waals surface area contributed by atoms with Crippen molar-refractivity contribution in [1.29, 1.82) is 0 Å². The van der Waals surface area contributed by atoms with Crippen LogP contribution in [0.1, 0.15) is 24.3 Å². The summed E-state index contributed by atoms with van der Waals surface area (Å²) in [6, 6.07) is 3.89. The monoisotopic (exact) mass is 186 g/mol. The predicted molar refractivity (Wildman–Crippen MR) is 50.4 cm³/mol. The molecule has 0 aromatic carbocycles. The Morgan fingerprint density at radius 3 is 3.08 bits per heavy atom. The summed E-state index contributed by atoms with van der Waals surface area (Å²) in [5, 5.41) is 11.5. The van der Waals surface area contributed by atoms with E-state index in [4.69, 9.17) is 4.74 Å². The van der Waals surface area contributed by atoms with Crippen LogP contribution in [0.25, 0.3) is 0 Å². The van der Waals surface area contributed by atoms with Gasteiger partial charge in [0.15, 0.2) is 0 Å². The summed E-state index contributed by atoms with van der Waals surface area (Å²) in [7, 11) is 0. The molecular weight excluding hydrogens is 172 g/mol. The van der Waals surface area contributed by atoms with Crippen molar-refractivity contribution >= 4 is 11.3 Å². The van der Waals surface area contributed by atoms with Crippen molar-refractivity contribution in [3.05, 3.63) is 22.4 Å². The zero-order valence-corrected chi connectivity index (χ0v) is 8.01. The quantitative estimate of drug-likeness (QED) is 0.714. The van der Waals surface area contributed by atoms with Gasteiger partial charge in [0.05, 0.1) is 6.10 Å². The molecule has 1 heterocycles. The summed E-state index contributed by atoms with van der Waals surface area (Å²) >= 11 is 1.58. The Balaban J connectivity index is 2.25. The second-order valence-corrected chi connectivity index (χ2v) is 3.50. The minimum absolute atomic E-state index is 0.350. The van der Waals surface area contributed by atoms with E-state index in [1.54, 1.807) is 11.3 Å². The van der Waals surface area contributed by atoms with Gasteiger partial charge in [-0.1, -0.05) is 6.07 Å². The first-order chi connectivity index (χ1) is 5.84. The average molecular weight is 186 g/mol. The number of hydrogen-bond acceptors (Lipinski definition) is 3. The lowest BCUT2D eigenvalue weighted by atomic mass is 10.2. The van der Waals surface area contributed by atoms with E-state index in [0.29, 0.717) is 13.0 Å². The first kappa shape index (κ1) is 9.71. The van der Waals surface area contributed by atoms with Gasteiger partial charge in [-0.05, 0) is 18.4 Å². The van der Waals surface area contributed by atoms with Gasteiger partial charge in [-0.2, -0.15) is 0 Å². The van der Waals surface area contributed by atoms with Gasteiger partial charge in [0.2, 0.25) is 0 Å². The molecule has 12 heavy (non-hydrogen) atoms. The molecule has 0 aliphatic rings. The van der Waals surface area contributed by atoms with Crippen LogP contribution in [0.4, 0.5) is 0 Å². The normalized spacial score (nSPS) is 13.2. The van der Waals surface area contributed by atoms with Crippen LogP contribution in [0.15, 0.2) is 17.5 Å². The standard InChI is InChI=1S/C9H14O2S/c1-2-11-6-5-8(10)9-4-3-7-12-9/h3-4,7-8,10H,2,5-6H2,1H3. The second kappa shape index (κ2) is 5.30. The van der Waals surface area contributed by atoms with Gasteiger partial charge >= 0.3 is 0 Å². The molecule has 1 rings (SSSR count). The van der Waals surface area contributed by atoms with E-state index >= 15 is 0 Å². The highest BCUT2D eigenvalue weighted by molar-refractivity contribution is 7.10. The fraction of sp³-hybridized carbons (Fsp3) is 0.556. The van der Waals surface area contributed by atoms with Gasteiger partial charge in [-0.3, -0.25) is 0 Å². The molecule has 0 saturated carbocycles. The summed E-state index contributed by atoms with van der Waals surface area (Å²) in [5.74, 6) is 0. The van der Waals surface area contributed by atoms with Crippen molar-refractivity contribution in [2.24, 2.45) is 0 Å². The second-order valence-electron chi connectivity index (χ2n) is 2.52. The molecule has 68 valence electrons. The van der Waals surface area contributed by atoms with Gasteiger partial charge in [-0.15, -0.1) is 11.3 Å². The minimum Gasteiger partial charge on any atom is -0.387 e. The van der Waals surface area contributed by atoms with E-state index in [2.05, 4.69) is 0 Å². The molecule has 2 nitrogen and oxygen atoms in total.